The first-order valence-corrected chi connectivity index (χ1v) is 8.27. The number of nitrogens with zero attached hydrogens (tertiary/aromatic N) is 1. The maximum Gasteiger partial charge on any atom is 0.339 e. The smallest absolute Gasteiger partial charge is 0.339 e. The molecule has 2 aliphatic carbocycles. The van der Waals surface area contributed by atoms with Crippen LogP contribution >= 0.6 is 23.2 Å². The van der Waals surface area contributed by atoms with Crippen LogP contribution < -0.4 is 0 Å². The molecule has 0 radical (unpaired) electrons. The van der Waals surface area contributed by atoms with Crippen LogP contribution in [0.3, 0.4) is 0 Å². The largest absolute Gasteiger partial charge is 0.462 e. The molecular weight excluding hydrogens is 321 g/mol. The first-order chi connectivity index (χ1) is 10.6. The van der Waals surface area contributed by atoms with Crippen LogP contribution in [0.1, 0.15) is 34.5 Å². The fraction of sp³-hybridized carbons (Fsp3) is 0.412. The molecule has 1 heterocycles. The van der Waals surface area contributed by atoms with E-state index in [-0.39, 0.29) is 18.5 Å². The molecule has 2 aromatic rings. The number of esters is 1. The van der Waals surface area contributed by atoms with Crippen LogP contribution in [-0.2, 0) is 17.6 Å². The van der Waals surface area contributed by atoms with Gasteiger partial charge in [-0.05, 0) is 37.3 Å². The number of carbonyl (C=O) groups excluding carboxylic acids is 1. The van der Waals surface area contributed by atoms with E-state index >= 15 is 0 Å². The highest BCUT2D eigenvalue weighted by Gasteiger charge is 2.52. The van der Waals surface area contributed by atoms with Gasteiger partial charge in [0.05, 0.1) is 17.7 Å². The molecule has 3 nitrogen and oxygen atoms in total. The van der Waals surface area contributed by atoms with E-state index in [2.05, 4.69) is 4.98 Å². The number of para-hydroxylation sites is 1. The van der Waals surface area contributed by atoms with Crippen LogP contribution in [0.2, 0.25) is 0 Å². The van der Waals surface area contributed by atoms with Gasteiger partial charge >= 0.3 is 5.97 Å². The molecule has 22 heavy (non-hydrogen) atoms. The number of fused-ring (bicyclic) bond motifs is 2. The lowest BCUT2D eigenvalue weighted by Gasteiger charge is -2.12. The topological polar surface area (TPSA) is 39.2 Å². The van der Waals surface area contributed by atoms with Gasteiger partial charge < -0.3 is 4.74 Å². The van der Waals surface area contributed by atoms with Gasteiger partial charge in [0, 0.05) is 17.0 Å². The lowest BCUT2D eigenvalue weighted by atomic mass is 10.0. The van der Waals surface area contributed by atoms with Crippen LogP contribution in [0.25, 0.3) is 10.9 Å². The van der Waals surface area contributed by atoms with E-state index in [1.54, 1.807) is 0 Å². The number of pyridine rings is 1. The summed E-state index contributed by atoms with van der Waals surface area (Å²) < 4.78 is 4.77. The van der Waals surface area contributed by atoms with E-state index in [9.17, 15) is 4.79 Å². The van der Waals surface area contributed by atoms with Crippen molar-refractivity contribution in [3.63, 3.8) is 0 Å². The van der Waals surface area contributed by atoms with Gasteiger partial charge in [0.25, 0.3) is 0 Å². The third-order valence-electron chi connectivity index (χ3n) is 4.49. The van der Waals surface area contributed by atoms with Crippen molar-refractivity contribution in [1.82, 2.24) is 4.98 Å². The molecule has 1 atom stereocenters. The highest BCUT2D eigenvalue weighted by atomic mass is 35.5. The molecule has 0 N–H and O–H groups in total. The van der Waals surface area contributed by atoms with Gasteiger partial charge in [-0.3, -0.25) is 4.98 Å². The summed E-state index contributed by atoms with van der Waals surface area (Å²) in [5.41, 5.74) is 3.60. The number of hydrogen-bond donors (Lipinski definition) is 0. The van der Waals surface area contributed by atoms with E-state index < -0.39 is 4.33 Å². The van der Waals surface area contributed by atoms with Gasteiger partial charge in [-0.2, -0.15) is 0 Å². The van der Waals surface area contributed by atoms with E-state index in [1.807, 2.05) is 24.3 Å². The molecule has 1 saturated carbocycles. The molecular formula is C17H15Cl2NO2. The highest BCUT2D eigenvalue weighted by Crippen LogP contribution is 2.53. The summed E-state index contributed by atoms with van der Waals surface area (Å²) in [5, 5.41) is 0.868. The molecule has 0 unspecified atom stereocenters. The van der Waals surface area contributed by atoms with Gasteiger partial charge in [-0.1, -0.05) is 18.2 Å². The number of hydrogen-bond acceptors (Lipinski definition) is 3. The zero-order chi connectivity index (χ0) is 15.3. The first-order valence-electron chi connectivity index (χ1n) is 7.52. The number of aromatic nitrogens is 1. The van der Waals surface area contributed by atoms with Gasteiger partial charge in [0.1, 0.15) is 4.33 Å². The fourth-order valence-corrected chi connectivity index (χ4v) is 3.64. The molecule has 5 heteroatoms. The van der Waals surface area contributed by atoms with Crippen molar-refractivity contribution in [3.8, 4) is 0 Å². The third kappa shape index (κ3) is 2.37. The normalized spacial score (nSPS) is 21.6. The Morgan fingerprint density at radius 2 is 2.09 bits per heavy atom. The summed E-state index contributed by atoms with van der Waals surface area (Å²) >= 11 is 12.0. The summed E-state index contributed by atoms with van der Waals surface area (Å²) in [5.74, 6) is -0.242. The number of ether oxygens (including phenoxy) is 1. The average Bonchev–Trinajstić information content (AvgIpc) is 2.89. The van der Waals surface area contributed by atoms with Crippen LogP contribution in [0.5, 0.6) is 0 Å². The number of benzene rings is 1. The lowest BCUT2D eigenvalue weighted by Crippen LogP contribution is -2.13. The van der Waals surface area contributed by atoms with Gasteiger partial charge in [0.15, 0.2) is 0 Å². The SMILES string of the molecule is O=C(OC[C@@H]1CC1(Cl)Cl)c1c2c(nc3ccccc13)CCC2. The molecule has 0 saturated heterocycles. The minimum Gasteiger partial charge on any atom is -0.462 e. The Kier molecular flexibility index (Phi) is 3.31. The average molecular weight is 336 g/mol. The van der Waals surface area contributed by atoms with Crippen molar-refractivity contribution < 1.29 is 9.53 Å². The zero-order valence-electron chi connectivity index (χ0n) is 11.9. The predicted molar refractivity (Wildman–Crippen MR) is 86.6 cm³/mol. The van der Waals surface area contributed by atoms with Crippen molar-refractivity contribution in [2.24, 2.45) is 5.92 Å². The van der Waals surface area contributed by atoms with E-state index in [0.717, 1.165) is 41.4 Å². The summed E-state index contributed by atoms with van der Waals surface area (Å²) in [6, 6.07) is 7.73. The van der Waals surface area contributed by atoms with Gasteiger partial charge in [-0.25, -0.2) is 4.79 Å². The summed E-state index contributed by atoms with van der Waals surface area (Å²) in [4.78, 5) is 17.3. The molecule has 0 amide bonds. The Morgan fingerprint density at radius 1 is 1.32 bits per heavy atom. The quantitative estimate of drug-likeness (QED) is 0.626. The second-order valence-electron chi connectivity index (χ2n) is 6.04. The molecule has 4 rings (SSSR count). The molecule has 0 bridgehead atoms. The summed E-state index contributed by atoms with van der Waals surface area (Å²) in [6.07, 6.45) is 3.53. The predicted octanol–water partition coefficient (Wildman–Crippen LogP) is 4.07. The van der Waals surface area contributed by atoms with Crippen molar-refractivity contribution in [2.45, 2.75) is 30.0 Å². The van der Waals surface area contributed by atoms with E-state index in [4.69, 9.17) is 27.9 Å². The standard InChI is InChI=1S/C17H15Cl2NO2/c18-17(19)8-10(17)9-22-16(21)15-11-4-1-2-6-13(11)20-14-7-3-5-12(14)15/h1-2,4,6,10H,3,5,7-9H2/t10-/m0/s1. The van der Waals surface area contributed by atoms with Crippen LogP contribution in [0.4, 0.5) is 0 Å². The second-order valence-corrected chi connectivity index (χ2v) is 7.59. The van der Waals surface area contributed by atoms with Crippen LogP contribution in [0.15, 0.2) is 24.3 Å². The Morgan fingerprint density at radius 3 is 2.86 bits per heavy atom. The molecule has 1 aromatic carbocycles. The maximum absolute atomic E-state index is 12.6. The summed E-state index contributed by atoms with van der Waals surface area (Å²) in [6.45, 7) is 0.275. The monoisotopic (exact) mass is 335 g/mol. The number of halogens is 2. The number of aryl methyl sites for hydroxylation is 1. The third-order valence-corrected chi connectivity index (χ3v) is 5.42. The van der Waals surface area contributed by atoms with E-state index in [0.29, 0.717) is 12.0 Å². The minimum absolute atomic E-state index is 0.0425. The molecule has 0 aliphatic heterocycles. The maximum atomic E-state index is 12.6. The molecule has 114 valence electrons. The van der Waals surface area contributed by atoms with Gasteiger partial charge in [0.2, 0.25) is 0 Å². The molecule has 1 aromatic heterocycles. The Bertz CT molecular complexity index is 773. The Balaban J connectivity index is 1.69. The van der Waals surface area contributed by atoms with Crippen molar-refractivity contribution in [2.75, 3.05) is 6.61 Å². The number of alkyl halides is 2. The molecule has 0 spiro atoms. The number of carbonyl (C=O) groups is 1. The van der Waals surface area contributed by atoms with E-state index in [1.165, 1.54) is 0 Å². The Labute approximate surface area is 138 Å². The van der Waals surface area contributed by atoms with Crippen molar-refractivity contribution >= 4 is 40.1 Å². The van der Waals surface area contributed by atoms with Crippen LogP contribution in [-0.4, -0.2) is 21.9 Å². The fourth-order valence-electron chi connectivity index (χ4n) is 3.14. The molecule has 2 aliphatic rings. The van der Waals surface area contributed by atoms with Gasteiger partial charge in [-0.15, -0.1) is 23.2 Å². The zero-order valence-corrected chi connectivity index (χ0v) is 13.5. The minimum atomic E-state index is -0.720. The molecule has 1 fully saturated rings. The van der Waals surface area contributed by atoms with Crippen LogP contribution in [0, 0.1) is 5.92 Å². The van der Waals surface area contributed by atoms with Crippen molar-refractivity contribution in [3.05, 3.63) is 41.1 Å². The summed E-state index contributed by atoms with van der Waals surface area (Å²) in [7, 11) is 0. The highest BCUT2D eigenvalue weighted by molar-refractivity contribution is 6.50. The Hall–Kier alpha value is -1.32. The second kappa shape index (κ2) is 5.10. The lowest BCUT2D eigenvalue weighted by molar-refractivity contribution is 0.0486. The first kappa shape index (κ1) is 14.3. The number of rotatable bonds is 3. The van der Waals surface area contributed by atoms with Crippen molar-refractivity contribution in [1.29, 1.82) is 0 Å².